The molecule has 0 spiro atoms. The van der Waals surface area contributed by atoms with Gasteiger partial charge in [-0.2, -0.15) is 5.10 Å². The molecule has 0 radical (unpaired) electrons. The van der Waals surface area contributed by atoms with Gasteiger partial charge >= 0.3 is 12.1 Å². The first-order valence-electron chi connectivity index (χ1n) is 5.19. The van der Waals surface area contributed by atoms with Crippen LogP contribution >= 0.6 is 0 Å². The zero-order chi connectivity index (χ0) is 12.6. The number of piperidine rings is 1. The van der Waals surface area contributed by atoms with E-state index in [1.54, 1.807) is 0 Å². The van der Waals surface area contributed by atoms with E-state index in [2.05, 4.69) is 10.5 Å². The van der Waals surface area contributed by atoms with E-state index in [1.807, 2.05) is 0 Å². The molecule has 2 rings (SSSR count). The minimum absolute atomic E-state index is 0.193. The van der Waals surface area contributed by atoms with Gasteiger partial charge < -0.3 is 15.1 Å². The van der Waals surface area contributed by atoms with Gasteiger partial charge in [0.25, 0.3) is 0 Å². The van der Waals surface area contributed by atoms with E-state index in [9.17, 15) is 9.59 Å². The third-order valence-electron chi connectivity index (χ3n) is 2.95. The van der Waals surface area contributed by atoms with Crippen molar-refractivity contribution >= 4 is 17.8 Å². The number of likely N-dealkylation sites (tertiary alicyclic amines) is 1. The summed E-state index contributed by atoms with van der Waals surface area (Å²) in [5.41, 5.74) is 2.73. The van der Waals surface area contributed by atoms with Crippen molar-refractivity contribution in [2.45, 2.75) is 18.9 Å². The molecule has 1 amide bonds. The summed E-state index contributed by atoms with van der Waals surface area (Å²) in [6.07, 6.45) is 1.04. The SMILES string of the molecule is CC1(C(=O)O)C=C2CN(C(=O)O)CCC2=NN1. The summed E-state index contributed by atoms with van der Waals surface area (Å²) in [4.78, 5) is 23.2. The molecule has 1 saturated heterocycles. The monoisotopic (exact) mass is 239 g/mol. The number of fused-ring (bicyclic) bond motifs is 1. The molecule has 0 aromatic rings. The predicted octanol–water partition coefficient (Wildman–Crippen LogP) is 0.0990. The van der Waals surface area contributed by atoms with Crippen molar-refractivity contribution in [2.75, 3.05) is 13.1 Å². The topological polar surface area (TPSA) is 102 Å². The molecule has 1 atom stereocenters. The highest BCUT2D eigenvalue weighted by Crippen LogP contribution is 2.22. The standard InChI is InChI=1S/C10H13N3O4/c1-10(8(14)15)4-6-5-13(9(16)17)3-2-7(6)11-12-10/h4,12H,2-3,5H2,1H3,(H,14,15)(H,16,17). The van der Waals surface area contributed by atoms with Crippen LogP contribution in [0.25, 0.3) is 0 Å². The van der Waals surface area contributed by atoms with Gasteiger partial charge in [-0.05, 0) is 18.6 Å². The first kappa shape index (κ1) is 11.4. The molecule has 7 nitrogen and oxygen atoms in total. The number of amides is 1. The highest BCUT2D eigenvalue weighted by molar-refractivity contribution is 6.04. The van der Waals surface area contributed by atoms with Crippen LogP contribution in [0.5, 0.6) is 0 Å². The molecule has 1 unspecified atom stereocenters. The van der Waals surface area contributed by atoms with Crippen molar-refractivity contribution in [1.29, 1.82) is 0 Å². The third kappa shape index (κ3) is 1.95. The smallest absolute Gasteiger partial charge is 0.407 e. The van der Waals surface area contributed by atoms with Gasteiger partial charge in [-0.25, -0.2) is 9.59 Å². The molecule has 2 aliphatic heterocycles. The quantitative estimate of drug-likeness (QED) is 0.602. The molecule has 7 heteroatoms. The summed E-state index contributed by atoms with van der Waals surface area (Å²) >= 11 is 0. The van der Waals surface area contributed by atoms with Crippen molar-refractivity contribution in [3.63, 3.8) is 0 Å². The Bertz CT molecular complexity index is 443. The fourth-order valence-electron chi connectivity index (χ4n) is 1.87. The van der Waals surface area contributed by atoms with Crippen LogP contribution in [0.2, 0.25) is 0 Å². The summed E-state index contributed by atoms with van der Waals surface area (Å²) in [7, 11) is 0. The van der Waals surface area contributed by atoms with Crippen LogP contribution in [0.1, 0.15) is 13.3 Å². The molecule has 1 fully saturated rings. The Kier molecular flexibility index (Phi) is 2.53. The van der Waals surface area contributed by atoms with Gasteiger partial charge in [0, 0.05) is 13.0 Å². The van der Waals surface area contributed by atoms with Crippen LogP contribution in [0.3, 0.4) is 0 Å². The first-order valence-corrected chi connectivity index (χ1v) is 5.19. The van der Waals surface area contributed by atoms with Gasteiger partial charge in [0.1, 0.15) is 0 Å². The van der Waals surface area contributed by atoms with E-state index in [-0.39, 0.29) is 6.54 Å². The highest BCUT2D eigenvalue weighted by Gasteiger charge is 2.36. The third-order valence-corrected chi connectivity index (χ3v) is 2.95. The summed E-state index contributed by atoms with van der Waals surface area (Å²) in [5.74, 6) is -1.04. The van der Waals surface area contributed by atoms with E-state index in [0.29, 0.717) is 18.5 Å². The lowest BCUT2D eigenvalue weighted by atomic mass is 9.92. The van der Waals surface area contributed by atoms with Gasteiger partial charge in [0.05, 0.1) is 12.3 Å². The zero-order valence-corrected chi connectivity index (χ0v) is 9.30. The minimum Gasteiger partial charge on any atom is -0.479 e. The summed E-state index contributed by atoms with van der Waals surface area (Å²) < 4.78 is 0. The Labute approximate surface area is 97.4 Å². The zero-order valence-electron chi connectivity index (χ0n) is 9.30. The Hall–Kier alpha value is -2.05. The summed E-state index contributed by atoms with van der Waals surface area (Å²) in [5, 5.41) is 22.0. The van der Waals surface area contributed by atoms with Crippen molar-refractivity contribution in [3.05, 3.63) is 11.6 Å². The molecule has 3 N–H and O–H groups in total. The number of carboxylic acid groups (broad SMARTS) is 2. The Morgan fingerprint density at radius 2 is 2.24 bits per heavy atom. The number of aliphatic carboxylic acids is 1. The van der Waals surface area contributed by atoms with E-state index in [4.69, 9.17) is 10.2 Å². The fraction of sp³-hybridized carbons (Fsp3) is 0.500. The molecule has 0 bridgehead atoms. The van der Waals surface area contributed by atoms with Crippen molar-refractivity contribution in [3.8, 4) is 0 Å². The van der Waals surface area contributed by atoms with E-state index >= 15 is 0 Å². The average molecular weight is 239 g/mol. The number of carbonyl (C=O) groups is 2. The number of hydrazone groups is 1. The van der Waals surface area contributed by atoms with Gasteiger partial charge in [0.15, 0.2) is 5.54 Å². The average Bonchev–Trinajstić information content (AvgIpc) is 2.27. The second-order valence-electron chi connectivity index (χ2n) is 4.30. The first-order chi connectivity index (χ1) is 7.92. The maximum atomic E-state index is 11.1. The second-order valence-corrected chi connectivity index (χ2v) is 4.30. The highest BCUT2D eigenvalue weighted by atomic mass is 16.4. The summed E-state index contributed by atoms with van der Waals surface area (Å²) in [6.45, 7) is 2.07. The second kappa shape index (κ2) is 3.76. The van der Waals surface area contributed by atoms with E-state index < -0.39 is 17.6 Å². The number of carboxylic acids is 1. The summed E-state index contributed by atoms with van der Waals surface area (Å²) in [6, 6.07) is 0. The van der Waals surface area contributed by atoms with Crippen LogP contribution in [0, 0.1) is 0 Å². The largest absolute Gasteiger partial charge is 0.479 e. The van der Waals surface area contributed by atoms with Gasteiger partial charge in [-0.1, -0.05) is 0 Å². The molecule has 2 aliphatic rings. The lowest BCUT2D eigenvalue weighted by molar-refractivity contribution is -0.142. The molecular weight excluding hydrogens is 226 g/mol. The molecule has 0 aromatic carbocycles. The van der Waals surface area contributed by atoms with E-state index in [1.165, 1.54) is 17.9 Å². The maximum absolute atomic E-state index is 11.1. The molecule has 0 aromatic heterocycles. The number of hydrogen-bond acceptors (Lipinski definition) is 4. The maximum Gasteiger partial charge on any atom is 0.407 e. The van der Waals surface area contributed by atoms with Gasteiger partial charge in [0.2, 0.25) is 0 Å². The van der Waals surface area contributed by atoms with Crippen LogP contribution in [-0.4, -0.2) is 51.5 Å². The predicted molar refractivity (Wildman–Crippen MR) is 58.9 cm³/mol. The van der Waals surface area contributed by atoms with Crippen LogP contribution in [-0.2, 0) is 4.79 Å². The van der Waals surface area contributed by atoms with Crippen molar-refractivity contribution in [1.82, 2.24) is 10.3 Å². The molecule has 17 heavy (non-hydrogen) atoms. The van der Waals surface area contributed by atoms with Crippen molar-refractivity contribution in [2.24, 2.45) is 5.10 Å². The normalized spacial score (nSPS) is 27.5. The number of hydrogen-bond donors (Lipinski definition) is 3. The Morgan fingerprint density at radius 3 is 2.82 bits per heavy atom. The van der Waals surface area contributed by atoms with Crippen LogP contribution in [0.4, 0.5) is 4.79 Å². The fourth-order valence-corrected chi connectivity index (χ4v) is 1.87. The lowest BCUT2D eigenvalue weighted by Crippen LogP contribution is -2.51. The molecular formula is C10H13N3O4. The van der Waals surface area contributed by atoms with E-state index in [0.717, 1.165) is 5.71 Å². The lowest BCUT2D eigenvalue weighted by Gasteiger charge is -2.33. The Balaban J connectivity index is 2.26. The molecule has 0 aliphatic carbocycles. The van der Waals surface area contributed by atoms with Crippen molar-refractivity contribution < 1.29 is 19.8 Å². The molecule has 0 saturated carbocycles. The van der Waals surface area contributed by atoms with Gasteiger partial charge in [-0.3, -0.25) is 5.43 Å². The van der Waals surface area contributed by atoms with Gasteiger partial charge in [-0.15, -0.1) is 0 Å². The van der Waals surface area contributed by atoms with Crippen LogP contribution < -0.4 is 5.43 Å². The number of nitrogens with zero attached hydrogens (tertiary/aromatic N) is 2. The minimum atomic E-state index is -1.26. The Morgan fingerprint density at radius 1 is 1.53 bits per heavy atom. The number of nitrogens with one attached hydrogen (secondary N) is 1. The number of rotatable bonds is 1. The van der Waals surface area contributed by atoms with Crippen LogP contribution in [0.15, 0.2) is 16.8 Å². The molecule has 92 valence electrons. The molecule has 2 heterocycles.